The van der Waals surface area contributed by atoms with Gasteiger partial charge in [-0.25, -0.2) is 0 Å². The first kappa shape index (κ1) is 13.4. The van der Waals surface area contributed by atoms with E-state index >= 15 is 0 Å². The minimum absolute atomic E-state index is 0.00733. The molecular weight excluding hydrogens is 244 g/mol. The van der Waals surface area contributed by atoms with Gasteiger partial charge in [0.05, 0.1) is 6.10 Å². The Balaban J connectivity index is 1.58. The summed E-state index contributed by atoms with van der Waals surface area (Å²) in [6, 6.07) is 0. The topological polar surface area (TPSA) is 20.2 Å². The number of allylic oxidation sites excluding steroid dienone is 1. The number of rotatable bonds is 0. The van der Waals surface area contributed by atoms with Gasteiger partial charge in [0.25, 0.3) is 0 Å². The first-order valence-electron chi connectivity index (χ1n) is 8.96. The molecule has 4 fully saturated rings. The fourth-order valence-electron chi connectivity index (χ4n) is 6.74. The Bertz CT molecular complexity index is 414. The van der Waals surface area contributed by atoms with Crippen LogP contribution in [0.15, 0.2) is 12.2 Å². The quantitative estimate of drug-likeness (QED) is 0.642. The predicted molar refractivity (Wildman–Crippen MR) is 82.3 cm³/mol. The SMILES string of the molecule is C=C1CCC2C3CCC4CC(O)CCC4C3CC[C@]12C. The van der Waals surface area contributed by atoms with Crippen molar-refractivity contribution in [3.8, 4) is 0 Å². The molecule has 7 atom stereocenters. The second kappa shape index (κ2) is 4.60. The zero-order valence-electron chi connectivity index (χ0n) is 13.0. The molecule has 112 valence electrons. The molecule has 0 bridgehead atoms. The van der Waals surface area contributed by atoms with E-state index in [4.69, 9.17) is 0 Å². The van der Waals surface area contributed by atoms with E-state index in [0.29, 0.717) is 5.41 Å². The van der Waals surface area contributed by atoms with E-state index in [9.17, 15) is 5.11 Å². The Morgan fingerprint density at radius 1 is 1.00 bits per heavy atom. The summed E-state index contributed by atoms with van der Waals surface area (Å²) in [5.41, 5.74) is 2.03. The molecule has 0 aromatic carbocycles. The van der Waals surface area contributed by atoms with E-state index in [1.54, 1.807) is 5.57 Å². The standard InChI is InChI=1S/C19H30O/c1-12-3-8-18-17-6-4-13-11-14(20)5-7-15(13)16(17)9-10-19(12,18)2/h13-18,20H,1,3-11H2,2H3/t13?,14?,15?,16?,17?,18?,19-/m1/s1. The van der Waals surface area contributed by atoms with Crippen LogP contribution in [0.4, 0.5) is 0 Å². The Hall–Kier alpha value is -0.300. The molecule has 1 heteroatoms. The van der Waals surface area contributed by atoms with Crippen LogP contribution in [0, 0.1) is 35.0 Å². The average Bonchev–Trinajstić information content (AvgIpc) is 2.74. The Morgan fingerprint density at radius 3 is 2.65 bits per heavy atom. The van der Waals surface area contributed by atoms with E-state index in [-0.39, 0.29) is 6.10 Å². The van der Waals surface area contributed by atoms with Crippen molar-refractivity contribution in [2.24, 2.45) is 35.0 Å². The second-order valence-corrected chi connectivity index (χ2v) is 8.50. The van der Waals surface area contributed by atoms with Crippen molar-refractivity contribution in [2.45, 2.75) is 70.8 Å². The van der Waals surface area contributed by atoms with Crippen LogP contribution in [-0.4, -0.2) is 11.2 Å². The van der Waals surface area contributed by atoms with Crippen LogP contribution >= 0.6 is 0 Å². The molecule has 0 aliphatic heterocycles. The van der Waals surface area contributed by atoms with Crippen molar-refractivity contribution in [1.29, 1.82) is 0 Å². The first-order valence-corrected chi connectivity index (χ1v) is 8.96. The van der Waals surface area contributed by atoms with Gasteiger partial charge in [-0.3, -0.25) is 0 Å². The van der Waals surface area contributed by atoms with Crippen molar-refractivity contribution in [3.05, 3.63) is 12.2 Å². The fraction of sp³-hybridized carbons (Fsp3) is 0.895. The maximum absolute atomic E-state index is 9.96. The lowest BCUT2D eigenvalue weighted by Crippen LogP contribution is -2.47. The van der Waals surface area contributed by atoms with Crippen molar-refractivity contribution >= 4 is 0 Å². The highest BCUT2D eigenvalue weighted by molar-refractivity contribution is 5.20. The van der Waals surface area contributed by atoms with Gasteiger partial charge in [0.2, 0.25) is 0 Å². The highest BCUT2D eigenvalue weighted by Crippen LogP contribution is 2.63. The molecule has 6 unspecified atom stereocenters. The van der Waals surface area contributed by atoms with E-state index in [1.165, 1.54) is 44.9 Å². The maximum Gasteiger partial charge on any atom is 0.0543 e. The maximum atomic E-state index is 9.96. The minimum Gasteiger partial charge on any atom is -0.393 e. The molecule has 0 spiro atoms. The van der Waals surface area contributed by atoms with Gasteiger partial charge in [0.1, 0.15) is 0 Å². The van der Waals surface area contributed by atoms with Crippen molar-refractivity contribution in [3.63, 3.8) is 0 Å². The lowest BCUT2D eigenvalue weighted by Gasteiger charge is -2.55. The molecule has 4 aliphatic carbocycles. The summed E-state index contributed by atoms with van der Waals surface area (Å²) in [7, 11) is 0. The lowest BCUT2D eigenvalue weighted by atomic mass is 9.50. The number of aliphatic hydroxyl groups excluding tert-OH is 1. The minimum atomic E-state index is 0.00733. The summed E-state index contributed by atoms with van der Waals surface area (Å²) in [6.45, 7) is 6.92. The van der Waals surface area contributed by atoms with Crippen LogP contribution in [-0.2, 0) is 0 Å². The number of hydrogen-bond donors (Lipinski definition) is 1. The van der Waals surface area contributed by atoms with E-state index in [2.05, 4.69) is 13.5 Å². The monoisotopic (exact) mass is 274 g/mol. The number of fused-ring (bicyclic) bond motifs is 5. The molecule has 20 heavy (non-hydrogen) atoms. The van der Waals surface area contributed by atoms with Crippen LogP contribution in [0.3, 0.4) is 0 Å². The van der Waals surface area contributed by atoms with Gasteiger partial charge in [0, 0.05) is 0 Å². The smallest absolute Gasteiger partial charge is 0.0543 e. The second-order valence-electron chi connectivity index (χ2n) is 8.50. The highest BCUT2D eigenvalue weighted by atomic mass is 16.3. The van der Waals surface area contributed by atoms with Crippen LogP contribution in [0.2, 0.25) is 0 Å². The summed E-state index contributed by atoms with van der Waals surface area (Å²) in [6.07, 6.45) is 11.8. The van der Waals surface area contributed by atoms with Crippen molar-refractivity contribution in [1.82, 2.24) is 0 Å². The van der Waals surface area contributed by atoms with Crippen LogP contribution in [0.5, 0.6) is 0 Å². The molecule has 4 rings (SSSR count). The van der Waals surface area contributed by atoms with Gasteiger partial charge < -0.3 is 5.11 Å². The Kier molecular flexibility index (Phi) is 3.07. The van der Waals surface area contributed by atoms with Gasteiger partial charge in [-0.1, -0.05) is 19.1 Å². The third kappa shape index (κ3) is 1.78. The van der Waals surface area contributed by atoms with Crippen LogP contribution in [0.25, 0.3) is 0 Å². The molecule has 0 aromatic heterocycles. The third-order valence-corrected chi connectivity index (χ3v) is 7.88. The van der Waals surface area contributed by atoms with Crippen LogP contribution < -0.4 is 0 Å². The number of hydrogen-bond acceptors (Lipinski definition) is 1. The van der Waals surface area contributed by atoms with Crippen molar-refractivity contribution in [2.75, 3.05) is 0 Å². The zero-order chi connectivity index (χ0) is 13.9. The molecule has 4 aliphatic rings. The normalized spacial score (nSPS) is 55.0. The molecule has 0 heterocycles. The van der Waals surface area contributed by atoms with E-state index in [0.717, 1.165) is 42.4 Å². The number of aliphatic hydroxyl groups is 1. The summed E-state index contributed by atoms with van der Waals surface area (Å²) in [4.78, 5) is 0. The van der Waals surface area contributed by atoms with Gasteiger partial charge in [0.15, 0.2) is 0 Å². The molecule has 0 radical (unpaired) electrons. The van der Waals surface area contributed by atoms with Crippen LogP contribution in [0.1, 0.15) is 64.7 Å². The molecule has 4 saturated carbocycles. The summed E-state index contributed by atoms with van der Waals surface area (Å²) in [5.74, 6) is 4.67. The fourth-order valence-corrected chi connectivity index (χ4v) is 6.74. The van der Waals surface area contributed by atoms with Gasteiger partial charge in [-0.15, -0.1) is 0 Å². The van der Waals surface area contributed by atoms with Crippen molar-refractivity contribution < 1.29 is 5.11 Å². The molecule has 1 nitrogen and oxygen atoms in total. The highest BCUT2D eigenvalue weighted by Gasteiger charge is 2.54. The molecular formula is C19H30O. The van der Waals surface area contributed by atoms with Gasteiger partial charge in [-0.2, -0.15) is 0 Å². The summed E-state index contributed by atoms with van der Waals surface area (Å²) < 4.78 is 0. The Labute approximate surface area is 123 Å². The van der Waals surface area contributed by atoms with E-state index in [1.807, 2.05) is 0 Å². The molecule has 0 aromatic rings. The largest absolute Gasteiger partial charge is 0.393 e. The molecule has 0 saturated heterocycles. The predicted octanol–water partition coefficient (Wildman–Crippen LogP) is 4.56. The van der Waals surface area contributed by atoms with E-state index < -0.39 is 0 Å². The summed E-state index contributed by atoms with van der Waals surface area (Å²) in [5, 5.41) is 9.96. The lowest BCUT2D eigenvalue weighted by molar-refractivity contribution is -0.0610. The zero-order valence-corrected chi connectivity index (χ0v) is 13.0. The van der Waals surface area contributed by atoms with Gasteiger partial charge >= 0.3 is 0 Å². The first-order chi connectivity index (χ1) is 9.59. The third-order valence-electron chi connectivity index (χ3n) is 7.88. The average molecular weight is 274 g/mol. The molecule has 1 N–H and O–H groups in total. The molecule has 0 amide bonds. The Morgan fingerprint density at radius 2 is 1.80 bits per heavy atom. The summed E-state index contributed by atoms with van der Waals surface area (Å²) >= 11 is 0. The van der Waals surface area contributed by atoms with Gasteiger partial charge in [-0.05, 0) is 92.8 Å².